The zero-order valence-corrected chi connectivity index (χ0v) is 40.0. The van der Waals surface area contributed by atoms with Gasteiger partial charge in [0, 0.05) is 47.2 Å². The molecule has 3 atom stereocenters. The van der Waals surface area contributed by atoms with Crippen LogP contribution in [0.2, 0.25) is 5.02 Å². The van der Waals surface area contributed by atoms with Crippen molar-refractivity contribution in [1.82, 2.24) is 31.0 Å². The highest BCUT2D eigenvalue weighted by Crippen LogP contribution is 2.55. The number of carbonyl (C=O) groups excluding carboxylic acids is 4. The third-order valence-electron chi connectivity index (χ3n) is 12.4. The lowest BCUT2D eigenvalue weighted by Crippen LogP contribution is -2.74. The number of likely N-dealkylation sites (tertiary alicyclic amines) is 1. The molecule has 1 saturated carbocycles. The van der Waals surface area contributed by atoms with Gasteiger partial charge in [-0.1, -0.05) is 95.7 Å². The van der Waals surface area contributed by atoms with E-state index in [1.807, 2.05) is 52.0 Å². The summed E-state index contributed by atoms with van der Waals surface area (Å²) in [5.41, 5.74) is 3.05. The molecule has 4 amide bonds. The molecule has 16 heteroatoms. The smallest absolute Gasteiger partial charge is 0.251 e. The van der Waals surface area contributed by atoms with E-state index in [0.29, 0.717) is 73.1 Å². The zero-order chi connectivity index (χ0) is 47.1. The third kappa shape index (κ3) is 11.6. The van der Waals surface area contributed by atoms with Crippen molar-refractivity contribution in [3.8, 4) is 28.1 Å². The number of rotatable bonds is 18. The van der Waals surface area contributed by atoms with Crippen molar-refractivity contribution in [2.75, 3.05) is 26.4 Å². The first-order valence-electron chi connectivity index (χ1n) is 22.1. The van der Waals surface area contributed by atoms with E-state index < -0.39 is 23.4 Å². The molecular formula is C49H60ClN7O7S. The number of halogens is 1. The highest BCUT2D eigenvalue weighted by Gasteiger charge is 2.64. The minimum atomic E-state index is -0.853. The first kappa shape index (κ1) is 48.9. The quantitative estimate of drug-likeness (QED) is 0.0829. The van der Waals surface area contributed by atoms with Gasteiger partial charge in [-0.05, 0) is 80.0 Å². The maximum Gasteiger partial charge on any atom is 0.251 e. The van der Waals surface area contributed by atoms with Gasteiger partial charge in [0.2, 0.25) is 17.7 Å². The Labute approximate surface area is 390 Å². The van der Waals surface area contributed by atoms with Crippen LogP contribution >= 0.6 is 22.9 Å². The van der Waals surface area contributed by atoms with Crippen LogP contribution in [0.25, 0.3) is 10.6 Å². The Morgan fingerprint density at radius 2 is 1.63 bits per heavy atom. The van der Waals surface area contributed by atoms with Gasteiger partial charge >= 0.3 is 0 Å². The summed E-state index contributed by atoms with van der Waals surface area (Å²) in [7, 11) is 0. The van der Waals surface area contributed by atoms with Crippen molar-refractivity contribution in [2.45, 2.75) is 111 Å². The van der Waals surface area contributed by atoms with Crippen molar-refractivity contribution in [1.29, 1.82) is 5.26 Å². The molecule has 14 nitrogen and oxygen atoms in total. The molecule has 346 valence electrons. The molecule has 1 saturated heterocycles. The monoisotopic (exact) mass is 925 g/mol. The van der Waals surface area contributed by atoms with Crippen LogP contribution in [-0.4, -0.2) is 89.3 Å². The average molecular weight is 927 g/mol. The Morgan fingerprint density at radius 1 is 0.954 bits per heavy atom. The number of aromatic nitrogens is 2. The first-order chi connectivity index (χ1) is 30.8. The van der Waals surface area contributed by atoms with Gasteiger partial charge in [0.05, 0.1) is 23.2 Å². The summed E-state index contributed by atoms with van der Waals surface area (Å²) in [5.74, 6) is 0.0806. The van der Waals surface area contributed by atoms with Crippen LogP contribution in [0.3, 0.4) is 0 Å². The van der Waals surface area contributed by atoms with E-state index in [4.69, 9.17) is 25.8 Å². The molecule has 0 spiro atoms. The molecule has 3 aromatic carbocycles. The molecule has 4 aromatic rings. The second-order valence-electron chi connectivity index (χ2n) is 19.1. The van der Waals surface area contributed by atoms with Gasteiger partial charge in [0.1, 0.15) is 52.9 Å². The standard InChI is InChI=1S/C49H60ClN7O7S/c1-30(31-13-15-33(16-14-31)43-56-52-29-65-43)53-42(60)38-12-11-23-57(38)44(61)40(47(2,3)4)54-39(58)28-62-24-9-10-25-63-35-20-17-32(18-21-35)41(59)55-45-48(5,6)46(49(45,7)8)64-36-22-19-34(27-51)37(50)26-36/h13-22,26,29-30,38,40,45-46H,9-12,23-25,28H2,1-8H3,(H,53,60)(H,54,58)(H,55,59)/t30-,38-,40+,45?,46?/m0/s1. The van der Waals surface area contributed by atoms with E-state index in [0.717, 1.165) is 16.1 Å². The van der Waals surface area contributed by atoms with E-state index in [-0.39, 0.29) is 53.3 Å². The Kier molecular flexibility index (Phi) is 15.6. The number of ether oxygens (including phenoxy) is 3. The van der Waals surface area contributed by atoms with E-state index >= 15 is 0 Å². The molecule has 0 bridgehead atoms. The number of amides is 4. The Bertz CT molecular complexity index is 2330. The molecule has 3 N–H and O–H groups in total. The molecule has 65 heavy (non-hydrogen) atoms. The summed E-state index contributed by atoms with van der Waals surface area (Å²) >= 11 is 7.69. The van der Waals surface area contributed by atoms with Crippen molar-refractivity contribution in [2.24, 2.45) is 16.2 Å². The van der Waals surface area contributed by atoms with Gasteiger partial charge in [-0.15, -0.1) is 10.2 Å². The molecule has 2 fully saturated rings. The summed E-state index contributed by atoms with van der Waals surface area (Å²) in [6.45, 7) is 16.8. The molecular weight excluding hydrogens is 866 g/mol. The molecule has 0 unspecified atom stereocenters. The van der Waals surface area contributed by atoms with Crippen LogP contribution in [0, 0.1) is 27.6 Å². The van der Waals surface area contributed by atoms with Gasteiger partial charge in [-0.2, -0.15) is 5.26 Å². The molecule has 6 rings (SSSR count). The third-order valence-corrected chi connectivity index (χ3v) is 13.4. The lowest BCUT2D eigenvalue weighted by atomic mass is 9.49. The van der Waals surface area contributed by atoms with Crippen molar-refractivity contribution >= 4 is 46.6 Å². The van der Waals surface area contributed by atoms with Gasteiger partial charge in [-0.25, -0.2) is 0 Å². The Morgan fingerprint density at radius 3 is 2.26 bits per heavy atom. The Balaban J connectivity index is 0.892. The van der Waals surface area contributed by atoms with E-state index in [1.54, 1.807) is 52.9 Å². The Hall–Kier alpha value is -5.56. The van der Waals surface area contributed by atoms with Crippen LogP contribution in [-0.2, 0) is 19.1 Å². The maximum absolute atomic E-state index is 14.0. The van der Waals surface area contributed by atoms with Crippen molar-refractivity contribution in [3.63, 3.8) is 0 Å². The molecule has 1 aliphatic carbocycles. The number of benzene rings is 3. The fourth-order valence-electron chi connectivity index (χ4n) is 9.10. The van der Waals surface area contributed by atoms with E-state index in [9.17, 15) is 24.4 Å². The van der Waals surface area contributed by atoms with E-state index in [1.165, 1.54) is 11.3 Å². The normalized spacial score (nSPS) is 19.5. The van der Waals surface area contributed by atoms with Crippen molar-refractivity contribution < 1.29 is 33.4 Å². The number of hydrogen-bond donors (Lipinski definition) is 3. The van der Waals surface area contributed by atoms with Crippen LogP contribution in [0.5, 0.6) is 11.5 Å². The SMILES string of the molecule is C[C@H](NC(=O)[C@@H]1CCCN1C(=O)[C@@H](NC(=O)COCCCCOc1ccc(C(=O)NC2C(C)(C)C(Oc3ccc(C#N)c(Cl)c3)C2(C)C)cc1)C(C)(C)C)c1ccc(-c2nncs2)cc1. The molecule has 1 aliphatic heterocycles. The molecule has 1 aromatic heterocycles. The summed E-state index contributed by atoms with van der Waals surface area (Å²) in [6, 6.07) is 19.9. The molecule has 0 radical (unpaired) electrons. The topological polar surface area (TPSA) is 185 Å². The fourth-order valence-corrected chi connectivity index (χ4v) is 9.87. The van der Waals surface area contributed by atoms with Gasteiger partial charge in [0.15, 0.2) is 0 Å². The summed E-state index contributed by atoms with van der Waals surface area (Å²) < 4.78 is 17.9. The zero-order valence-electron chi connectivity index (χ0n) is 38.4. The largest absolute Gasteiger partial charge is 0.494 e. The minimum Gasteiger partial charge on any atom is -0.494 e. The minimum absolute atomic E-state index is 0.172. The second kappa shape index (κ2) is 20.7. The number of carbonyl (C=O) groups is 4. The van der Waals surface area contributed by atoms with Gasteiger partial charge < -0.3 is 35.1 Å². The summed E-state index contributed by atoms with van der Waals surface area (Å²) in [4.78, 5) is 55.6. The van der Waals surface area contributed by atoms with Gasteiger partial charge in [-0.3, -0.25) is 19.2 Å². The van der Waals surface area contributed by atoms with Crippen LogP contribution in [0.1, 0.15) is 109 Å². The van der Waals surface area contributed by atoms with Crippen LogP contribution in [0.15, 0.2) is 72.2 Å². The van der Waals surface area contributed by atoms with Crippen LogP contribution in [0.4, 0.5) is 0 Å². The van der Waals surface area contributed by atoms with E-state index in [2.05, 4.69) is 59.9 Å². The number of nitrogens with zero attached hydrogens (tertiary/aromatic N) is 4. The maximum atomic E-state index is 14.0. The average Bonchev–Trinajstić information content (AvgIpc) is 4.00. The van der Waals surface area contributed by atoms with Crippen LogP contribution < -0.4 is 25.4 Å². The predicted octanol–water partition coefficient (Wildman–Crippen LogP) is 7.92. The first-order valence-corrected chi connectivity index (χ1v) is 23.3. The summed E-state index contributed by atoms with van der Waals surface area (Å²) in [5, 5.41) is 27.5. The van der Waals surface area contributed by atoms with Crippen molar-refractivity contribution in [3.05, 3.63) is 94.0 Å². The number of unbranched alkanes of at least 4 members (excludes halogenated alkanes) is 1. The lowest BCUT2D eigenvalue weighted by Gasteiger charge is -2.63. The molecule has 2 heterocycles. The second-order valence-corrected chi connectivity index (χ2v) is 20.3. The lowest BCUT2D eigenvalue weighted by molar-refractivity contribution is -0.164. The van der Waals surface area contributed by atoms with Gasteiger partial charge in [0.25, 0.3) is 5.91 Å². The number of nitrogens with one attached hydrogen (secondary N) is 3. The number of hydrogen-bond acceptors (Lipinski definition) is 11. The summed E-state index contributed by atoms with van der Waals surface area (Å²) in [6.07, 6.45) is 2.32. The number of nitriles is 1. The fraction of sp³-hybridized carbons (Fsp3) is 0.490. The highest BCUT2D eigenvalue weighted by atomic mass is 35.5. The molecule has 2 aliphatic rings. The predicted molar refractivity (Wildman–Crippen MR) is 249 cm³/mol. The highest BCUT2D eigenvalue weighted by molar-refractivity contribution is 7.12.